The van der Waals surface area contributed by atoms with Gasteiger partial charge in [0.05, 0.1) is 6.10 Å². The van der Waals surface area contributed by atoms with Gasteiger partial charge in [-0.2, -0.15) is 5.48 Å². The molecule has 0 aliphatic heterocycles. The maximum Gasteiger partial charge on any atom is 0.162 e. The van der Waals surface area contributed by atoms with Crippen molar-refractivity contribution in [2.24, 2.45) is 0 Å². The first-order chi connectivity index (χ1) is 7.77. The molecule has 1 aromatic carbocycles. The average Bonchev–Trinajstić information content (AvgIpc) is 2.77. The van der Waals surface area contributed by atoms with Gasteiger partial charge in [-0.3, -0.25) is 4.84 Å². The largest absolute Gasteiger partial charge is 0.504 e. The van der Waals surface area contributed by atoms with E-state index in [4.69, 9.17) is 4.84 Å². The highest BCUT2D eigenvalue weighted by atomic mass is 16.7. The van der Waals surface area contributed by atoms with Crippen LogP contribution in [0, 0.1) is 0 Å². The number of benzene rings is 1. The molecule has 0 heterocycles. The van der Waals surface area contributed by atoms with Crippen LogP contribution in [0.25, 0.3) is 0 Å². The molecule has 1 aromatic rings. The second kappa shape index (κ2) is 5.18. The lowest BCUT2D eigenvalue weighted by Crippen LogP contribution is -2.21. The third-order valence-corrected chi connectivity index (χ3v) is 2.91. The Morgan fingerprint density at radius 2 is 2.00 bits per heavy atom. The Kier molecular flexibility index (Phi) is 3.64. The van der Waals surface area contributed by atoms with Gasteiger partial charge in [0.25, 0.3) is 0 Å². The van der Waals surface area contributed by atoms with Gasteiger partial charge in [-0.15, -0.1) is 0 Å². The van der Waals surface area contributed by atoms with E-state index in [9.17, 15) is 10.2 Å². The van der Waals surface area contributed by atoms with Crippen molar-refractivity contribution in [2.45, 2.75) is 38.3 Å². The highest BCUT2D eigenvalue weighted by molar-refractivity contribution is 5.44. The number of nitrogens with one attached hydrogen (secondary N) is 1. The first-order valence-corrected chi connectivity index (χ1v) is 5.65. The first-order valence-electron chi connectivity index (χ1n) is 5.65. The van der Waals surface area contributed by atoms with Gasteiger partial charge in [-0.1, -0.05) is 25.0 Å². The molecule has 0 saturated heterocycles. The Morgan fingerprint density at radius 1 is 1.25 bits per heavy atom. The summed E-state index contributed by atoms with van der Waals surface area (Å²) in [7, 11) is 0. The molecular weight excluding hydrogens is 206 g/mol. The first kappa shape index (κ1) is 11.2. The van der Waals surface area contributed by atoms with Crippen LogP contribution in [0.4, 0.5) is 0 Å². The van der Waals surface area contributed by atoms with E-state index in [1.165, 1.54) is 18.9 Å². The molecule has 0 aromatic heterocycles. The third-order valence-electron chi connectivity index (χ3n) is 2.91. The van der Waals surface area contributed by atoms with E-state index < -0.39 is 0 Å². The molecule has 0 atom stereocenters. The summed E-state index contributed by atoms with van der Waals surface area (Å²) in [6.07, 6.45) is 4.94. The van der Waals surface area contributed by atoms with E-state index in [1.807, 2.05) is 0 Å². The van der Waals surface area contributed by atoms with E-state index in [0.29, 0.717) is 18.2 Å². The van der Waals surface area contributed by atoms with Crippen molar-refractivity contribution in [3.8, 4) is 11.5 Å². The number of hydroxylamine groups is 1. The van der Waals surface area contributed by atoms with E-state index in [0.717, 1.165) is 12.8 Å². The van der Waals surface area contributed by atoms with Crippen molar-refractivity contribution >= 4 is 0 Å². The monoisotopic (exact) mass is 223 g/mol. The van der Waals surface area contributed by atoms with Gasteiger partial charge in [0, 0.05) is 12.1 Å². The maximum absolute atomic E-state index is 9.54. The second-order valence-electron chi connectivity index (χ2n) is 4.13. The van der Waals surface area contributed by atoms with E-state index in [-0.39, 0.29) is 11.5 Å². The summed E-state index contributed by atoms with van der Waals surface area (Å²) in [5, 5.41) is 18.8. The standard InChI is InChI=1S/C12H17NO3/c14-11-7-3-4-9(12(11)15)8-13-16-10-5-1-2-6-10/h3-4,7,10,13-15H,1-2,5-6,8H2. The van der Waals surface area contributed by atoms with Crippen molar-refractivity contribution in [3.05, 3.63) is 23.8 Å². The van der Waals surface area contributed by atoms with Gasteiger partial charge in [-0.25, -0.2) is 0 Å². The molecular formula is C12H17NO3. The van der Waals surface area contributed by atoms with Crippen molar-refractivity contribution in [1.82, 2.24) is 5.48 Å². The minimum atomic E-state index is -0.0971. The number of rotatable bonds is 4. The minimum Gasteiger partial charge on any atom is -0.504 e. The lowest BCUT2D eigenvalue weighted by Gasteiger charge is -2.12. The van der Waals surface area contributed by atoms with Crippen LogP contribution in [0.15, 0.2) is 18.2 Å². The number of phenols is 2. The summed E-state index contributed by atoms with van der Waals surface area (Å²) < 4.78 is 0. The highest BCUT2D eigenvalue weighted by Gasteiger charge is 2.15. The average molecular weight is 223 g/mol. The van der Waals surface area contributed by atoms with E-state index >= 15 is 0 Å². The van der Waals surface area contributed by atoms with Crippen LogP contribution in [-0.2, 0) is 11.4 Å². The summed E-state index contributed by atoms with van der Waals surface area (Å²) >= 11 is 0. The van der Waals surface area contributed by atoms with E-state index in [1.54, 1.807) is 12.1 Å². The zero-order valence-electron chi connectivity index (χ0n) is 9.15. The van der Waals surface area contributed by atoms with Gasteiger partial charge >= 0.3 is 0 Å². The molecule has 88 valence electrons. The van der Waals surface area contributed by atoms with Gasteiger partial charge in [-0.05, 0) is 18.9 Å². The summed E-state index contributed by atoms with van der Waals surface area (Å²) in [6.45, 7) is 0.400. The lowest BCUT2D eigenvalue weighted by molar-refractivity contribution is -0.0246. The number of hydrogen-bond acceptors (Lipinski definition) is 4. The number of hydrogen-bond donors (Lipinski definition) is 3. The SMILES string of the molecule is Oc1cccc(CNOC2CCCC2)c1O. The lowest BCUT2D eigenvalue weighted by atomic mass is 10.2. The Labute approximate surface area is 94.8 Å². The molecule has 3 N–H and O–H groups in total. The topological polar surface area (TPSA) is 61.7 Å². The molecule has 0 unspecified atom stereocenters. The molecule has 1 fully saturated rings. The fraction of sp³-hybridized carbons (Fsp3) is 0.500. The Hall–Kier alpha value is -1.26. The van der Waals surface area contributed by atoms with Crippen molar-refractivity contribution < 1.29 is 15.1 Å². The van der Waals surface area contributed by atoms with Crippen molar-refractivity contribution in [3.63, 3.8) is 0 Å². The maximum atomic E-state index is 9.54. The molecule has 4 nitrogen and oxygen atoms in total. The Bertz CT molecular complexity index is 348. The highest BCUT2D eigenvalue weighted by Crippen LogP contribution is 2.28. The molecule has 0 bridgehead atoms. The van der Waals surface area contributed by atoms with E-state index in [2.05, 4.69) is 5.48 Å². The minimum absolute atomic E-state index is 0.0787. The molecule has 0 spiro atoms. The number of phenolic OH excluding ortho intramolecular Hbond substituents is 2. The number of aromatic hydroxyl groups is 2. The number of para-hydroxylation sites is 1. The van der Waals surface area contributed by atoms with Crippen LogP contribution in [0.1, 0.15) is 31.2 Å². The molecule has 1 saturated carbocycles. The van der Waals surface area contributed by atoms with Crippen LogP contribution in [0.3, 0.4) is 0 Å². The van der Waals surface area contributed by atoms with Crippen LogP contribution in [-0.4, -0.2) is 16.3 Å². The summed E-state index contributed by atoms with van der Waals surface area (Å²) in [4.78, 5) is 5.46. The van der Waals surface area contributed by atoms with Crippen LogP contribution in [0.2, 0.25) is 0 Å². The van der Waals surface area contributed by atoms with Gasteiger partial charge in [0.1, 0.15) is 0 Å². The normalized spacial score (nSPS) is 16.8. The van der Waals surface area contributed by atoms with Gasteiger partial charge in [0.15, 0.2) is 11.5 Å². The van der Waals surface area contributed by atoms with Crippen molar-refractivity contribution in [2.75, 3.05) is 0 Å². The molecule has 1 aliphatic rings. The van der Waals surface area contributed by atoms with Crippen LogP contribution < -0.4 is 5.48 Å². The van der Waals surface area contributed by atoms with Crippen LogP contribution in [0.5, 0.6) is 11.5 Å². The van der Waals surface area contributed by atoms with Gasteiger partial charge < -0.3 is 10.2 Å². The van der Waals surface area contributed by atoms with Crippen LogP contribution >= 0.6 is 0 Å². The molecule has 1 aliphatic carbocycles. The summed E-state index contributed by atoms with van der Waals surface area (Å²) in [6, 6.07) is 4.90. The Morgan fingerprint density at radius 3 is 2.75 bits per heavy atom. The summed E-state index contributed by atoms with van der Waals surface area (Å²) in [5.74, 6) is -0.176. The molecule has 0 radical (unpaired) electrons. The zero-order chi connectivity index (χ0) is 11.4. The third kappa shape index (κ3) is 2.65. The molecule has 2 rings (SSSR count). The predicted octanol–water partition coefficient (Wildman–Crippen LogP) is 2.06. The smallest absolute Gasteiger partial charge is 0.162 e. The fourth-order valence-electron chi connectivity index (χ4n) is 1.96. The molecule has 4 heteroatoms. The quantitative estimate of drug-likeness (QED) is 0.540. The Balaban J connectivity index is 1.82. The predicted molar refractivity (Wildman–Crippen MR) is 60.0 cm³/mol. The summed E-state index contributed by atoms with van der Waals surface area (Å²) in [5.41, 5.74) is 3.48. The van der Waals surface area contributed by atoms with Crippen molar-refractivity contribution in [1.29, 1.82) is 0 Å². The van der Waals surface area contributed by atoms with Gasteiger partial charge in [0.2, 0.25) is 0 Å². The zero-order valence-corrected chi connectivity index (χ0v) is 9.15. The second-order valence-corrected chi connectivity index (χ2v) is 4.13. The molecule has 16 heavy (non-hydrogen) atoms. The fourth-order valence-corrected chi connectivity index (χ4v) is 1.96. The molecule has 0 amide bonds.